The summed E-state index contributed by atoms with van der Waals surface area (Å²) in [4.78, 5) is 52.4. The number of aromatic carboxylic acids is 1. The first-order valence-electron chi connectivity index (χ1n) is 11.4. The van der Waals surface area contributed by atoms with E-state index in [9.17, 15) is 19.2 Å². The summed E-state index contributed by atoms with van der Waals surface area (Å²) in [5.41, 5.74) is 2.36. The van der Waals surface area contributed by atoms with Crippen LogP contribution in [0.25, 0.3) is 17.0 Å². The lowest BCUT2D eigenvalue weighted by Crippen LogP contribution is -2.38. The molecule has 4 aromatic rings. The zero-order chi connectivity index (χ0) is 26.4. The summed E-state index contributed by atoms with van der Waals surface area (Å²) in [5, 5.41) is 15.6. The molecule has 0 saturated carbocycles. The first-order valence-corrected chi connectivity index (χ1v) is 11.4. The van der Waals surface area contributed by atoms with E-state index in [4.69, 9.17) is 9.84 Å². The summed E-state index contributed by atoms with van der Waals surface area (Å²) in [6.45, 7) is 3.41. The van der Waals surface area contributed by atoms with Crippen LogP contribution in [-0.4, -0.2) is 39.6 Å². The van der Waals surface area contributed by atoms with Gasteiger partial charge in [-0.1, -0.05) is 18.2 Å². The fourth-order valence-electron chi connectivity index (χ4n) is 4.51. The Kier molecular flexibility index (Phi) is 5.71. The van der Waals surface area contributed by atoms with Gasteiger partial charge in [0, 0.05) is 27.9 Å². The SMILES string of the molecule is COC(=O)C(C)n1cc(C=c2c(C)c3c([nH]c2=O)=NN(c2ccc(C(=O)O)cc2)C3=O)c2ccccc21. The van der Waals surface area contributed by atoms with Crippen molar-refractivity contribution < 1.29 is 24.2 Å². The number of carboxylic acid groups (broad SMARTS) is 1. The van der Waals surface area contributed by atoms with Crippen LogP contribution in [0.5, 0.6) is 0 Å². The number of aromatic nitrogens is 2. The normalized spacial score (nSPS) is 14.0. The molecular weight excluding hydrogens is 476 g/mol. The van der Waals surface area contributed by atoms with Crippen molar-refractivity contribution >= 4 is 40.5 Å². The van der Waals surface area contributed by atoms with E-state index in [1.807, 2.05) is 24.3 Å². The van der Waals surface area contributed by atoms with Crippen LogP contribution in [0.2, 0.25) is 0 Å². The number of para-hydroxylation sites is 1. The molecule has 2 aromatic heterocycles. The van der Waals surface area contributed by atoms with Crippen molar-refractivity contribution in [3.63, 3.8) is 0 Å². The predicted octanol–water partition coefficient (Wildman–Crippen LogP) is 2.09. The highest BCUT2D eigenvalue weighted by Gasteiger charge is 2.29. The number of carboxylic acids is 1. The number of fused-ring (bicyclic) bond motifs is 2. The van der Waals surface area contributed by atoms with Gasteiger partial charge in [0.15, 0.2) is 5.49 Å². The molecule has 0 aliphatic carbocycles. The average Bonchev–Trinajstić information content (AvgIpc) is 3.43. The summed E-state index contributed by atoms with van der Waals surface area (Å²) >= 11 is 0. The highest BCUT2D eigenvalue weighted by Crippen LogP contribution is 2.26. The number of methoxy groups -OCH3 is 1. The summed E-state index contributed by atoms with van der Waals surface area (Å²) in [5.74, 6) is -1.92. The molecule has 1 amide bonds. The number of aromatic amines is 1. The van der Waals surface area contributed by atoms with Crippen LogP contribution >= 0.6 is 0 Å². The quantitative estimate of drug-likeness (QED) is 0.405. The fourth-order valence-corrected chi connectivity index (χ4v) is 4.51. The van der Waals surface area contributed by atoms with Gasteiger partial charge in [0.1, 0.15) is 6.04 Å². The van der Waals surface area contributed by atoms with Crippen molar-refractivity contribution in [3.05, 3.63) is 98.0 Å². The van der Waals surface area contributed by atoms with Crippen LogP contribution in [0, 0.1) is 6.92 Å². The number of hydrogen-bond acceptors (Lipinski definition) is 6. The van der Waals surface area contributed by atoms with E-state index in [-0.39, 0.29) is 16.6 Å². The number of carbonyl (C=O) groups is 3. The van der Waals surface area contributed by atoms with E-state index in [1.54, 1.807) is 30.7 Å². The highest BCUT2D eigenvalue weighted by molar-refractivity contribution is 6.08. The Morgan fingerprint density at radius 3 is 2.49 bits per heavy atom. The molecule has 0 saturated heterocycles. The molecule has 10 nitrogen and oxygen atoms in total. The van der Waals surface area contributed by atoms with Gasteiger partial charge in [-0.2, -0.15) is 5.01 Å². The molecule has 37 heavy (non-hydrogen) atoms. The van der Waals surface area contributed by atoms with Crippen molar-refractivity contribution in [2.75, 3.05) is 12.1 Å². The largest absolute Gasteiger partial charge is 0.478 e. The summed E-state index contributed by atoms with van der Waals surface area (Å²) in [7, 11) is 1.33. The number of nitrogens with zero attached hydrogens (tertiary/aromatic N) is 3. The first-order chi connectivity index (χ1) is 17.7. The van der Waals surface area contributed by atoms with Gasteiger partial charge in [0.2, 0.25) is 0 Å². The Morgan fingerprint density at radius 2 is 1.81 bits per heavy atom. The van der Waals surface area contributed by atoms with Gasteiger partial charge < -0.3 is 19.4 Å². The van der Waals surface area contributed by atoms with Crippen LogP contribution in [0.4, 0.5) is 5.69 Å². The second kappa shape index (κ2) is 8.90. The van der Waals surface area contributed by atoms with E-state index < -0.39 is 29.4 Å². The lowest BCUT2D eigenvalue weighted by atomic mass is 10.1. The maximum Gasteiger partial charge on any atom is 0.335 e. The Balaban J connectivity index is 1.63. The van der Waals surface area contributed by atoms with Crippen LogP contribution in [-0.2, 0) is 9.53 Å². The topological polar surface area (TPSA) is 134 Å². The third-order valence-electron chi connectivity index (χ3n) is 6.49. The smallest absolute Gasteiger partial charge is 0.335 e. The third kappa shape index (κ3) is 3.88. The number of carbonyl (C=O) groups excluding carboxylic acids is 2. The number of esters is 1. The second-order valence-corrected chi connectivity index (χ2v) is 8.64. The summed E-state index contributed by atoms with van der Waals surface area (Å²) < 4.78 is 6.69. The number of H-pyrrole nitrogens is 1. The first kappa shape index (κ1) is 23.7. The Hall–Kier alpha value is -4.99. The van der Waals surface area contributed by atoms with E-state index in [0.717, 1.165) is 15.9 Å². The van der Waals surface area contributed by atoms with Gasteiger partial charge >= 0.3 is 11.9 Å². The van der Waals surface area contributed by atoms with E-state index >= 15 is 0 Å². The minimum atomic E-state index is -1.08. The van der Waals surface area contributed by atoms with Gasteiger partial charge in [-0.3, -0.25) is 9.59 Å². The zero-order valence-corrected chi connectivity index (χ0v) is 20.2. The Labute approximate surface area is 209 Å². The minimum absolute atomic E-state index is 0.0788. The molecule has 186 valence electrons. The number of hydrogen-bond donors (Lipinski definition) is 2. The number of nitrogens with one attached hydrogen (secondary N) is 1. The molecular formula is C27H22N4O6. The van der Waals surface area contributed by atoms with Crippen LogP contribution in [0.15, 0.2) is 64.6 Å². The molecule has 1 atom stereocenters. The van der Waals surface area contributed by atoms with Crippen LogP contribution in [0.3, 0.4) is 0 Å². The standard InChI is InChI=1S/C27H22N4O6/c1-14-20(12-17-13-30(15(2)27(36)37-3)21-7-5-4-6-19(17)21)24(32)28-23-22(14)25(33)31(29-23)18-10-8-16(9-11-18)26(34)35/h4-13,15H,1-3H3,(H,34,35)(H,28,29,32). The summed E-state index contributed by atoms with van der Waals surface area (Å²) in [6, 6.07) is 12.6. The number of pyridine rings is 1. The second-order valence-electron chi connectivity index (χ2n) is 8.64. The maximum atomic E-state index is 13.3. The minimum Gasteiger partial charge on any atom is -0.478 e. The molecule has 3 heterocycles. The molecule has 1 aliphatic heterocycles. The molecule has 0 bridgehead atoms. The van der Waals surface area contributed by atoms with Gasteiger partial charge in [-0.15, -0.1) is 5.10 Å². The van der Waals surface area contributed by atoms with E-state index in [0.29, 0.717) is 22.0 Å². The highest BCUT2D eigenvalue weighted by atomic mass is 16.5. The van der Waals surface area contributed by atoms with Gasteiger partial charge in [-0.25, -0.2) is 9.59 Å². The van der Waals surface area contributed by atoms with Crippen LogP contribution in [0.1, 0.15) is 44.8 Å². The number of anilines is 1. The van der Waals surface area contributed by atoms with E-state index in [1.165, 1.54) is 31.4 Å². The Morgan fingerprint density at radius 1 is 1.11 bits per heavy atom. The third-order valence-corrected chi connectivity index (χ3v) is 6.49. The predicted molar refractivity (Wildman–Crippen MR) is 135 cm³/mol. The number of amides is 1. The lowest BCUT2D eigenvalue weighted by molar-refractivity contribution is -0.143. The van der Waals surface area contributed by atoms with Crippen molar-refractivity contribution in [2.24, 2.45) is 5.10 Å². The van der Waals surface area contributed by atoms with Crippen LogP contribution < -0.4 is 21.3 Å². The van der Waals surface area contributed by atoms with Crippen molar-refractivity contribution in [2.45, 2.75) is 19.9 Å². The molecule has 0 radical (unpaired) electrons. The van der Waals surface area contributed by atoms with E-state index in [2.05, 4.69) is 10.1 Å². The summed E-state index contributed by atoms with van der Waals surface area (Å²) in [6.07, 6.45) is 3.47. The average molecular weight is 498 g/mol. The molecule has 1 aliphatic rings. The lowest BCUT2D eigenvalue weighted by Gasteiger charge is -2.12. The van der Waals surface area contributed by atoms with Gasteiger partial charge in [0.25, 0.3) is 11.5 Å². The van der Waals surface area contributed by atoms with Gasteiger partial charge in [0.05, 0.1) is 23.9 Å². The van der Waals surface area contributed by atoms with Crippen molar-refractivity contribution in [1.29, 1.82) is 0 Å². The molecule has 0 fully saturated rings. The molecule has 2 aromatic carbocycles. The number of ether oxygens (including phenoxy) is 1. The van der Waals surface area contributed by atoms with Crippen molar-refractivity contribution in [3.8, 4) is 0 Å². The van der Waals surface area contributed by atoms with Crippen molar-refractivity contribution in [1.82, 2.24) is 9.55 Å². The van der Waals surface area contributed by atoms with Gasteiger partial charge in [-0.05, 0) is 55.8 Å². The molecule has 10 heteroatoms. The molecule has 0 spiro atoms. The number of benzene rings is 2. The number of rotatable bonds is 5. The zero-order valence-electron chi connectivity index (χ0n) is 20.2. The maximum absolute atomic E-state index is 13.3. The monoisotopic (exact) mass is 498 g/mol. The Bertz CT molecular complexity index is 1780. The fraction of sp³-hybridized carbons (Fsp3) is 0.148. The molecule has 5 rings (SSSR count). The molecule has 2 N–H and O–H groups in total. The molecule has 1 unspecified atom stereocenters.